The fraction of sp³-hybridized carbons (Fsp3) is 0.176. The van der Waals surface area contributed by atoms with E-state index in [0.717, 1.165) is 5.56 Å². The van der Waals surface area contributed by atoms with Crippen LogP contribution in [0.15, 0.2) is 50.9 Å². The van der Waals surface area contributed by atoms with Crippen LogP contribution in [0.25, 0.3) is 6.08 Å². The summed E-state index contributed by atoms with van der Waals surface area (Å²) < 4.78 is 5.23. The van der Waals surface area contributed by atoms with E-state index in [9.17, 15) is 4.79 Å². The minimum atomic E-state index is -0.181. The Morgan fingerprint density at radius 1 is 1.30 bits per heavy atom. The van der Waals surface area contributed by atoms with Gasteiger partial charge in [0.15, 0.2) is 5.17 Å². The number of amidine groups is 1. The third-order valence-corrected chi connectivity index (χ3v) is 5.04. The molecule has 1 aliphatic heterocycles. The lowest BCUT2D eigenvalue weighted by atomic mass is 10.1. The second-order valence-corrected chi connectivity index (χ2v) is 6.86. The summed E-state index contributed by atoms with van der Waals surface area (Å²) in [6.07, 6.45) is 5.63. The van der Waals surface area contributed by atoms with E-state index in [2.05, 4.69) is 10.3 Å². The van der Waals surface area contributed by atoms with Crippen molar-refractivity contribution in [3.8, 4) is 0 Å². The number of aliphatic imine (C=N–C) groups is 1. The minimum Gasteiger partial charge on any atom is -0.465 e. The number of furan rings is 1. The van der Waals surface area contributed by atoms with E-state index in [-0.39, 0.29) is 5.91 Å². The van der Waals surface area contributed by atoms with Crippen LogP contribution in [-0.4, -0.2) is 11.1 Å². The number of hydrogen-bond acceptors (Lipinski definition) is 4. The Balaban J connectivity index is 1.61. The Bertz CT molecular complexity index is 823. The predicted molar refractivity (Wildman–Crippen MR) is 92.9 cm³/mol. The molecule has 2 aromatic rings. The van der Waals surface area contributed by atoms with Crippen LogP contribution in [0.1, 0.15) is 30.1 Å². The van der Waals surface area contributed by atoms with Crippen molar-refractivity contribution in [2.75, 3.05) is 0 Å². The number of thioether (sulfide) groups is 1. The van der Waals surface area contributed by atoms with Crippen LogP contribution in [0.5, 0.6) is 0 Å². The lowest BCUT2D eigenvalue weighted by molar-refractivity contribution is -0.115. The number of hydrogen-bond donors (Lipinski definition) is 1. The number of carbonyl (C=O) groups is 1. The molecular formula is C17H13ClN2O2S. The minimum absolute atomic E-state index is 0.181. The molecule has 2 aliphatic rings. The van der Waals surface area contributed by atoms with Gasteiger partial charge < -0.3 is 9.73 Å². The standard InChI is InChI=1S/C17H13ClN2O2S/c18-15-12(10-6-7-10)4-1-5-13(15)19-17-20-16(21)14(23-17)9-11-3-2-8-22-11/h1-5,8-10H,6-7H2,(H,19,20,21). The van der Waals surface area contributed by atoms with Gasteiger partial charge in [-0.15, -0.1) is 0 Å². The highest BCUT2D eigenvalue weighted by Gasteiger charge is 2.28. The highest BCUT2D eigenvalue weighted by atomic mass is 35.5. The lowest BCUT2D eigenvalue weighted by Gasteiger charge is -2.05. The zero-order chi connectivity index (χ0) is 15.8. The highest BCUT2D eigenvalue weighted by molar-refractivity contribution is 8.18. The van der Waals surface area contributed by atoms with Crippen molar-refractivity contribution in [1.29, 1.82) is 0 Å². The maximum Gasteiger partial charge on any atom is 0.264 e. The van der Waals surface area contributed by atoms with Crippen molar-refractivity contribution in [2.24, 2.45) is 4.99 Å². The first-order valence-electron chi connectivity index (χ1n) is 7.32. The summed E-state index contributed by atoms with van der Waals surface area (Å²) >= 11 is 7.73. The highest BCUT2D eigenvalue weighted by Crippen LogP contribution is 2.45. The van der Waals surface area contributed by atoms with Crippen molar-refractivity contribution in [2.45, 2.75) is 18.8 Å². The van der Waals surface area contributed by atoms with Crippen LogP contribution in [-0.2, 0) is 4.79 Å². The first-order valence-corrected chi connectivity index (χ1v) is 8.51. The number of nitrogens with zero attached hydrogens (tertiary/aromatic N) is 1. The average Bonchev–Trinajstić information content (AvgIpc) is 3.14. The van der Waals surface area contributed by atoms with Gasteiger partial charge in [0.05, 0.1) is 21.9 Å². The van der Waals surface area contributed by atoms with Gasteiger partial charge in [-0.3, -0.25) is 4.79 Å². The molecule has 1 saturated heterocycles. The fourth-order valence-corrected chi connectivity index (χ4v) is 3.56. The number of rotatable bonds is 3. The number of nitrogens with one attached hydrogen (secondary N) is 1. The summed E-state index contributed by atoms with van der Waals surface area (Å²) in [6.45, 7) is 0. The molecule has 0 unspecified atom stereocenters. The van der Waals surface area contributed by atoms with E-state index in [4.69, 9.17) is 16.0 Å². The van der Waals surface area contributed by atoms with Crippen LogP contribution >= 0.6 is 23.4 Å². The van der Waals surface area contributed by atoms with E-state index in [1.807, 2.05) is 18.2 Å². The SMILES string of the molecule is O=C1NC(=Nc2cccc(C3CC3)c2Cl)SC1=Cc1ccco1. The first kappa shape index (κ1) is 14.6. The molecule has 6 heteroatoms. The van der Waals surface area contributed by atoms with Gasteiger partial charge in [-0.05, 0) is 54.3 Å². The van der Waals surface area contributed by atoms with Crippen LogP contribution in [0.2, 0.25) is 5.02 Å². The Labute approximate surface area is 142 Å². The number of amides is 1. The van der Waals surface area contributed by atoms with Crippen LogP contribution < -0.4 is 5.32 Å². The Kier molecular flexibility index (Phi) is 3.75. The van der Waals surface area contributed by atoms with Gasteiger partial charge in [0, 0.05) is 6.08 Å². The zero-order valence-corrected chi connectivity index (χ0v) is 13.7. The molecule has 2 heterocycles. The maximum atomic E-state index is 12.0. The summed E-state index contributed by atoms with van der Waals surface area (Å²) in [5.74, 6) is 1.01. The molecule has 1 amide bonds. The summed E-state index contributed by atoms with van der Waals surface area (Å²) in [7, 11) is 0. The first-order chi connectivity index (χ1) is 11.2. The number of benzene rings is 1. The van der Waals surface area contributed by atoms with E-state index >= 15 is 0 Å². The van der Waals surface area contributed by atoms with Gasteiger partial charge in [-0.1, -0.05) is 23.7 Å². The van der Waals surface area contributed by atoms with Crippen molar-refractivity contribution in [3.63, 3.8) is 0 Å². The lowest BCUT2D eigenvalue weighted by Crippen LogP contribution is -2.19. The molecule has 23 heavy (non-hydrogen) atoms. The van der Waals surface area contributed by atoms with E-state index in [1.165, 1.54) is 24.6 Å². The van der Waals surface area contributed by atoms with E-state index in [0.29, 0.717) is 32.5 Å². The molecule has 4 nitrogen and oxygen atoms in total. The van der Waals surface area contributed by atoms with Gasteiger partial charge >= 0.3 is 0 Å². The number of carbonyl (C=O) groups excluding carboxylic acids is 1. The molecule has 1 saturated carbocycles. The van der Waals surface area contributed by atoms with Crippen molar-refractivity contribution in [3.05, 3.63) is 57.8 Å². The quantitative estimate of drug-likeness (QED) is 0.821. The molecule has 1 aliphatic carbocycles. The zero-order valence-electron chi connectivity index (χ0n) is 12.1. The molecule has 1 aromatic carbocycles. The van der Waals surface area contributed by atoms with Gasteiger partial charge in [0.25, 0.3) is 5.91 Å². The van der Waals surface area contributed by atoms with Gasteiger partial charge in [-0.25, -0.2) is 4.99 Å². The summed E-state index contributed by atoms with van der Waals surface area (Å²) in [4.78, 5) is 17.1. The summed E-state index contributed by atoms with van der Waals surface area (Å²) in [5.41, 5.74) is 1.84. The van der Waals surface area contributed by atoms with E-state index < -0.39 is 0 Å². The molecule has 0 bridgehead atoms. The smallest absolute Gasteiger partial charge is 0.264 e. The maximum absolute atomic E-state index is 12.0. The Hall–Kier alpha value is -1.98. The van der Waals surface area contributed by atoms with Crippen molar-refractivity contribution < 1.29 is 9.21 Å². The molecule has 0 radical (unpaired) electrons. The topological polar surface area (TPSA) is 54.6 Å². The predicted octanol–water partition coefficient (Wildman–Crippen LogP) is 4.70. The summed E-state index contributed by atoms with van der Waals surface area (Å²) in [6, 6.07) is 9.45. The second-order valence-electron chi connectivity index (χ2n) is 5.45. The molecular weight excluding hydrogens is 332 g/mol. The molecule has 116 valence electrons. The van der Waals surface area contributed by atoms with Crippen molar-refractivity contribution in [1.82, 2.24) is 5.32 Å². The van der Waals surface area contributed by atoms with Crippen LogP contribution in [0.3, 0.4) is 0 Å². The molecule has 2 fully saturated rings. The molecule has 0 spiro atoms. The largest absolute Gasteiger partial charge is 0.465 e. The normalized spacial score (nSPS) is 21.2. The second kappa shape index (κ2) is 5.91. The Morgan fingerprint density at radius 2 is 2.17 bits per heavy atom. The van der Waals surface area contributed by atoms with Crippen LogP contribution in [0, 0.1) is 0 Å². The molecule has 1 N–H and O–H groups in total. The van der Waals surface area contributed by atoms with Gasteiger partial charge in [-0.2, -0.15) is 0 Å². The van der Waals surface area contributed by atoms with Gasteiger partial charge in [0.2, 0.25) is 0 Å². The third kappa shape index (κ3) is 3.07. The van der Waals surface area contributed by atoms with E-state index in [1.54, 1.807) is 24.5 Å². The number of halogens is 1. The monoisotopic (exact) mass is 344 g/mol. The fourth-order valence-electron chi connectivity index (χ4n) is 2.43. The Morgan fingerprint density at radius 3 is 2.91 bits per heavy atom. The third-order valence-electron chi connectivity index (χ3n) is 3.71. The van der Waals surface area contributed by atoms with Crippen molar-refractivity contribution >= 4 is 46.2 Å². The van der Waals surface area contributed by atoms with Gasteiger partial charge in [0.1, 0.15) is 5.76 Å². The molecule has 1 aromatic heterocycles. The summed E-state index contributed by atoms with van der Waals surface area (Å²) in [5, 5.41) is 3.97. The average molecular weight is 345 g/mol. The molecule has 0 atom stereocenters. The van der Waals surface area contributed by atoms with Crippen LogP contribution in [0.4, 0.5) is 5.69 Å². The molecule has 4 rings (SSSR count).